The van der Waals surface area contributed by atoms with Crippen LogP contribution < -0.4 is 0 Å². The zero-order chi connectivity index (χ0) is 41.3. The third-order valence-corrected chi connectivity index (χ3v) is 33.3. The quantitative estimate of drug-likeness (QED) is 0.124. The van der Waals surface area contributed by atoms with Gasteiger partial charge in [0.2, 0.25) is 0 Å². The summed E-state index contributed by atoms with van der Waals surface area (Å²) in [5, 5.41) is 0. The fraction of sp³-hybridized carbons (Fsp3) is 0.500. The van der Waals surface area contributed by atoms with Crippen LogP contribution in [0.1, 0.15) is 173 Å². The van der Waals surface area contributed by atoms with Crippen molar-refractivity contribution in [1.29, 1.82) is 0 Å². The van der Waals surface area contributed by atoms with Gasteiger partial charge in [-0.1, -0.05) is 0 Å². The van der Waals surface area contributed by atoms with Crippen LogP contribution in [0.2, 0.25) is 9.26 Å². The molecule has 0 heterocycles. The van der Waals surface area contributed by atoms with E-state index in [0.717, 1.165) is 0 Å². The molecule has 4 heteroatoms. The zero-order valence-electron chi connectivity index (χ0n) is 38.9. The molecule has 4 aromatic rings. The van der Waals surface area contributed by atoms with Gasteiger partial charge in [0.05, 0.1) is 0 Å². The van der Waals surface area contributed by atoms with E-state index in [1.165, 1.54) is 110 Å². The summed E-state index contributed by atoms with van der Waals surface area (Å²) in [5.74, 6) is 0. The monoisotopic (exact) mass is 936 g/mol. The molecule has 4 aliphatic rings. The second kappa shape index (κ2) is 17.2. The van der Waals surface area contributed by atoms with Gasteiger partial charge in [0, 0.05) is 0 Å². The fourth-order valence-corrected chi connectivity index (χ4v) is 32.8. The molecule has 0 N–H and O–H groups in total. The minimum Gasteiger partial charge on any atom is -0.147 e. The number of fused-ring (bicyclic) bond motifs is 2. The molecule has 60 heavy (non-hydrogen) atoms. The molecule has 4 aromatic carbocycles. The van der Waals surface area contributed by atoms with Crippen molar-refractivity contribution in [2.45, 2.75) is 160 Å². The average Bonchev–Trinajstić information content (AvgIpc) is 3.71. The molecule has 0 radical (unpaired) electrons. The number of rotatable bonds is 12. The Kier molecular flexibility index (Phi) is 13.6. The van der Waals surface area contributed by atoms with Crippen molar-refractivity contribution in [3.05, 3.63) is 129 Å². The Labute approximate surface area is 380 Å². The molecule has 0 spiro atoms. The van der Waals surface area contributed by atoms with Crippen molar-refractivity contribution in [2.75, 3.05) is 0 Å². The molecule has 8 rings (SSSR count). The van der Waals surface area contributed by atoms with E-state index in [2.05, 4.69) is 169 Å². The summed E-state index contributed by atoms with van der Waals surface area (Å²) in [7, 11) is 0. The predicted octanol–water partition coefficient (Wildman–Crippen LogP) is 17.1. The molecule has 0 nitrogen and oxygen atoms in total. The van der Waals surface area contributed by atoms with Gasteiger partial charge in [-0.3, -0.25) is 0 Å². The molecular formula is C56H76Cl2SiZr. The molecule has 2 atom stereocenters. The topological polar surface area (TPSA) is 0 Å². The number of hydrogen-bond acceptors (Lipinski definition) is 0. The minimum atomic E-state index is -3.97. The van der Waals surface area contributed by atoms with E-state index >= 15 is 0 Å². The average molecular weight is 939 g/mol. The molecule has 2 fully saturated rings. The van der Waals surface area contributed by atoms with Gasteiger partial charge in [-0.2, -0.15) is 0 Å². The maximum absolute atomic E-state index is 3.97. The van der Waals surface area contributed by atoms with Crippen LogP contribution in [-0.4, -0.2) is 6.88 Å². The van der Waals surface area contributed by atoms with Gasteiger partial charge in [0.25, 0.3) is 0 Å². The molecule has 0 bridgehead atoms. The van der Waals surface area contributed by atoms with Crippen LogP contribution in [0.4, 0.5) is 0 Å². The van der Waals surface area contributed by atoms with E-state index in [4.69, 9.17) is 0 Å². The number of allylic oxidation sites excluding steroid dienone is 2. The van der Waals surface area contributed by atoms with Crippen LogP contribution >= 0.6 is 24.8 Å². The first-order valence-corrected chi connectivity index (χ1v) is 37.0. The molecule has 0 aromatic heterocycles. The molecule has 2 saturated carbocycles. The second-order valence-corrected chi connectivity index (χ2v) is 53.5. The first-order valence-electron chi connectivity index (χ1n) is 23.3. The second-order valence-electron chi connectivity index (χ2n) is 23.0. The molecule has 0 amide bonds. The van der Waals surface area contributed by atoms with Crippen molar-refractivity contribution >= 4 is 43.8 Å². The van der Waals surface area contributed by atoms with Crippen LogP contribution in [-0.2, 0) is 28.2 Å². The Morgan fingerprint density at radius 3 is 1.20 bits per heavy atom. The predicted molar refractivity (Wildman–Crippen MR) is 269 cm³/mol. The van der Waals surface area contributed by atoms with Crippen molar-refractivity contribution in [1.82, 2.24) is 0 Å². The van der Waals surface area contributed by atoms with Crippen molar-refractivity contribution < 1.29 is 17.4 Å². The van der Waals surface area contributed by atoms with Crippen LogP contribution in [0.25, 0.3) is 34.4 Å². The minimum absolute atomic E-state index is 0. The smallest absolute Gasteiger partial charge is 0.147 e. The largest absolute Gasteiger partial charge is 0.147 e. The van der Waals surface area contributed by atoms with Crippen LogP contribution in [0.15, 0.2) is 96.1 Å². The normalized spacial score (nSPS) is 20.4. The number of halogens is 2. The Morgan fingerprint density at radius 1 is 0.533 bits per heavy atom. The number of hydrogen-bond donors (Lipinski definition) is 0. The van der Waals surface area contributed by atoms with Gasteiger partial charge in [-0.25, -0.2) is 0 Å². The first kappa shape index (κ1) is 47.5. The molecule has 322 valence electrons. The number of benzene rings is 4. The Morgan fingerprint density at radius 2 is 0.883 bits per heavy atom. The third kappa shape index (κ3) is 8.41. The molecule has 0 aliphatic heterocycles. The summed E-state index contributed by atoms with van der Waals surface area (Å²) in [5.41, 5.74) is 19.7. The summed E-state index contributed by atoms with van der Waals surface area (Å²) in [6.07, 6.45) is 21.9. The molecule has 4 aliphatic carbocycles. The molecule has 2 unspecified atom stereocenters. The van der Waals surface area contributed by atoms with Crippen molar-refractivity contribution in [2.24, 2.45) is 10.8 Å². The van der Waals surface area contributed by atoms with E-state index in [0.29, 0.717) is 18.1 Å². The van der Waals surface area contributed by atoms with E-state index in [9.17, 15) is 0 Å². The maximum atomic E-state index is 2.92. The standard InChI is InChI=1S/2C27H33.2CH3.2ClH.H2Si.Zr/c2*1-5-14-27(15-9-16-27)19-20-17-21-10-8-12-22(24(21)18-20)23-11-6-7-13-25(23)26(2,3)4;;;;;;/h2*6-8,10-13,17-18H,5,9,14-16,19H2,1-4H3;2*1H3;2*1H;1H2;. The van der Waals surface area contributed by atoms with E-state index in [-0.39, 0.29) is 35.6 Å². The molecule has 0 saturated heterocycles. The Bertz CT molecular complexity index is 2190. The summed E-state index contributed by atoms with van der Waals surface area (Å²) in [6.45, 7) is 21.8. The Hall–Kier alpha value is -1.96. The van der Waals surface area contributed by atoms with Crippen molar-refractivity contribution in [3.63, 3.8) is 0 Å². The van der Waals surface area contributed by atoms with Gasteiger partial charge in [-0.05, 0) is 0 Å². The van der Waals surface area contributed by atoms with Gasteiger partial charge in [0.1, 0.15) is 0 Å². The fourth-order valence-electron chi connectivity index (χ4n) is 13.2. The Balaban J connectivity index is 0.00000302. The maximum Gasteiger partial charge on any atom is -0.147 e. The summed E-state index contributed by atoms with van der Waals surface area (Å²) in [4.78, 5) is 0. The van der Waals surface area contributed by atoms with Gasteiger partial charge in [-0.15, -0.1) is 24.8 Å². The molecular weight excluding hydrogens is 863 g/mol. The van der Waals surface area contributed by atoms with Crippen LogP contribution in [0, 0.1) is 10.8 Å². The van der Waals surface area contributed by atoms with Gasteiger partial charge < -0.3 is 0 Å². The summed E-state index contributed by atoms with van der Waals surface area (Å²) >= 11 is -3.97. The zero-order valence-corrected chi connectivity index (χ0v) is 44.4. The van der Waals surface area contributed by atoms with Gasteiger partial charge in [0.15, 0.2) is 0 Å². The van der Waals surface area contributed by atoms with Gasteiger partial charge >= 0.3 is 359 Å². The SMILES string of the molecule is CCCC1(CC2=Cc3c(-c4ccccc4C(C)(C)C)cccc3[CH]2[Zr]([CH3])([CH3])(=[SiH2])[CH]2C(CC3(CCC)CCC3)=Cc3c(-c4ccccc4C(C)(C)C)cccc32)CCC1.Cl.Cl. The van der Waals surface area contributed by atoms with E-state index in [1.807, 2.05) is 0 Å². The van der Waals surface area contributed by atoms with Crippen LogP contribution in [0.3, 0.4) is 0 Å². The summed E-state index contributed by atoms with van der Waals surface area (Å²) in [6, 6.07) is 33.6. The van der Waals surface area contributed by atoms with E-state index < -0.39 is 17.4 Å². The van der Waals surface area contributed by atoms with E-state index in [1.54, 1.807) is 33.4 Å². The third-order valence-electron chi connectivity index (χ3n) is 15.8. The summed E-state index contributed by atoms with van der Waals surface area (Å²) < 4.78 is 6.90. The van der Waals surface area contributed by atoms with Crippen LogP contribution in [0.5, 0.6) is 0 Å². The van der Waals surface area contributed by atoms with Crippen molar-refractivity contribution in [3.8, 4) is 22.3 Å². The first-order chi connectivity index (χ1) is 27.4.